The van der Waals surface area contributed by atoms with Crippen LogP contribution in [0.4, 0.5) is 0 Å². The van der Waals surface area contributed by atoms with Crippen molar-refractivity contribution in [2.24, 2.45) is 0 Å². The molecule has 0 aromatic heterocycles. The average molecular weight is 408 g/mol. The molecule has 3 amide bonds. The molecule has 1 aliphatic heterocycles. The van der Waals surface area contributed by atoms with E-state index in [1.807, 2.05) is 0 Å². The molecule has 7 heteroatoms. The van der Waals surface area contributed by atoms with Gasteiger partial charge in [-0.2, -0.15) is 0 Å². The second-order valence-electron chi connectivity index (χ2n) is 5.34. The first-order valence-corrected chi connectivity index (χ1v) is 9.45. The molecule has 1 N–H and O–H groups in total. The lowest BCUT2D eigenvalue weighted by molar-refractivity contribution is -0.139. The van der Waals surface area contributed by atoms with Crippen molar-refractivity contribution in [3.63, 3.8) is 0 Å². The quantitative estimate of drug-likeness (QED) is 0.513. The van der Waals surface area contributed by atoms with Crippen LogP contribution in [-0.2, 0) is 19.2 Å². The first kappa shape index (κ1) is 25.4. The van der Waals surface area contributed by atoms with Crippen LogP contribution < -0.4 is 5.32 Å². The van der Waals surface area contributed by atoms with Gasteiger partial charge in [-0.05, 0) is 61.2 Å². The van der Waals surface area contributed by atoms with Gasteiger partial charge in [-0.15, -0.1) is 18.2 Å². The zero-order valence-corrected chi connectivity index (χ0v) is 17.3. The van der Waals surface area contributed by atoms with Crippen molar-refractivity contribution in [2.75, 3.05) is 12.4 Å². The molecule has 0 aromatic rings. The van der Waals surface area contributed by atoms with E-state index in [0.717, 1.165) is 4.90 Å². The maximum Gasteiger partial charge on any atom is 0.244 e. The number of ketones is 1. The average Bonchev–Trinajstić information content (AvgIpc) is 2.93. The number of hydrogen-bond acceptors (Lipinski definition) is 5. The number of amides is 3. The van der Waals surface area contributed by atoms with Crippen LogP contribution >= 0.6 is 11.8 Å². The lowest BCUT2D eigenvalue weighted by Gasteiger charge is -2.14. The van der Waals surface area contributed by atoms with E-state index in [0.29, 0.717) is 12.2 Å². The van der Waals surface area contributed by atoms with Gasteiger partial charge in [0.2, 0.25) is 17.7 Å². The Balaban J connectivity index is 0.000000614. The summed E-state index contributed by atoms with van der Waals surface area (Å²) in [5, 5.41) is 2.00. The van der Waals surface area contributed by atoms with Crippen molar-refractivity contribution in [2.45, 2.75) is 38.9 Å². The van der Waals surface area contributed by atoms with Crippen molar-refractivity contribution in [3.05, 3.63) is 0 Å². The predicted octanol–water partition coefficient (Wildman–Crippen LogP) is 0.573. The highest BCUT2D eigenvalue weighted by molar-refractivity contribution is 8.00. The molecule has 0 aliphatic carbocycles. The van der Waals surface area contributed by atoms with Gasteiger partial charge in [0.05, 0.1) is 5.25 Å². The summed E-state index contributed by atoms with van der Waals surface area (Å²) in [5.41, 5.74) is 0. The highest BCUT2D eigenvalue weighted by atomic mass is 32.2. The Morgan fingerprint density at radius 3 is 2.21 bits per heavy atom. The molecule has 0 spiro atoms. The Bertz CT molecular complexity index is 931. The number of carbonyl (C=O) groups is 4. The van der Waals surface area contributed by atoms with Crippen LogP contribution in [0.5, 0.6) is 0 Å². The standard InChI is InChI=1S/C11H16N2O4S.C11H4/c1-7(14)3-4-18-9-5-10(16)13(11(9)17)6-12-8(2)15;1-3-5-7-9-11-10-8-6-4-2/h9H,3-6H2,1-2H3,(H,12,15);1H,2H3. The number of Topliss-reactive ketones (excluding diaryl/α,β-unsaturated/α-hetero) is 1. The van der Waals surface area contributed by atoms with Gasteiger partial charge in [0.1, 0.15) is 12.5 Å². The maximum atomic E-state index is 11.9. The number of carbonyl (C=O) groups excluding carboxylic acids is 4. The minimum atomic E-state index is -0.425. The van der Waals surface area contributed by atoms with Crippen LogP contribution in [0.3, 0.4) is 0 Å². The Morgan fingerprint density at radius 2 is 1.69 bits per heavy atom. The van der Waals surface area contributed by atoms with E-state index >= 15 is 0 Å². The van der Waals surface area contributed by atoms with E-state index in [2.05, 4.69) is 58.6 Å². The number of thioether (sulfide) groups is 1. The third kappa shape index (κ3) is 12.4. The molecule has 0 saturated carbocycles. The Morgan fingerprint density at radius 1 is 1.10 bits per heavy atom. The highest BCUT2D eigenvalue weighted by Gasteiger charge is 2.38. The van der Waals surface area contributed by atoms with Crippen molar-refractivity contribution >= 4 is 35.3 Å². The molecular weight excluding hydrogens is 388 g/mol. The number of hydrogen-bond donors (Lipinski definition) is 1. The SMILES string of the molecule is C#CC#CC#CC#CC#CC.CC(=O)CCSC1CC(=O)N(CNC(C)=O)C1=O. The molecule has 29 heavy (non-hydrogen) atoms. The van der Waals surface area contributed by atoms with E-state index in [-0.39, 0.29) is 36.6 Å². The van der Waals surface area contributed by atoms with Crippen molar-refractivity contribution in [3.8, 4) is 59.7 Å². The van der Waals surface area contributed by atoms with Crippen LogP contribution in [0.15, 0.2) is 0 Å². The van der Waals surface area contributed by atoms with Gasteiger partial charge >= 0.3 is 0 Å². The number of nitrogens with one attached hydrogen (secondary N) is 1. The minimum absolute atomic E-state index is 0.0642. The summed E-state index contributed by atoms with van der Waals surface area (Å²) in [6.07, 6.45) is 5.38. The molecule has 0 aromatic carbocycles. The predicted molar refractivity (Wildman–Crippen MR) is 112 cm³/mol. The molecule has 1 rings (SSSR count). The van der Waals surface area contributed by atoms with Crippen LogP contribution in [0.1, 0.15) is 33.6 Å². The summed E-state index contributed by atoms with van der Waals surface area (Å²) in [5.74, 6) is 21.7. The Labute approximate surface area is 175 Å². The van der Waals surface area contributed by atoms with E-state index in [1.165, 1.54) is 25.6 Å². The first-order chi connectivity index (χ1) is 13.8. The van der Waals surface area contributed by atoms with E-state index in [1.54, 1.807) is 6.92 Å². The normalized spacial score (nSPS) is 13.3. The van der Waals surface area contributed by atoms with E-state index in [4.69, 9.17) is 6.42 Å². The zero-order valence-electron chi connectivity index (χ0n) is 16.5. The van der Waals surface area contributed by atoms with Crippen LogP contribution in [0.2, 0.25) is 0 Å². The largest absolute Gasteiger partial charge is 0.338 e. The van der Waals surface area contributed by atoms with Crippen molar-refractivity contribution in [1.29, 1.82) is 0 Å². The molecule has 1 atom stereocenters. The topological polar surface area (TPSA) is 83.6 Å². The summed E-state index contributed by atoms with van der Waals surface area (Å²) in [4.78, 5) is 46.0. The summed E-state index contributed by atoms with van der Waals surface area (Å²) < 4.78 is 0. The molecule has 1 saturated heterocycles. The Hall–Kier alpha value is -3.57. The highest BCUT2D eigenvalue weighted by Crippen LogP contribution is 2.25. The van der Waals surface area contributed by atoms with Crippen LogP contribution in [0, 0.1) is 59.7 Å². The third-order valence-corrected chi connectivity index (χ3v) is 4.24. The lowest BCUT2D eigenvalue weighted by Crippen LogP contribution is -2.40. The molecule has 1 fully saturated rings. The first-order valence-electron chi connectivity index (χ1n) is 8.40. The number of likely N-dealkylation sites (tertiary alicyclic amines) is 1. The second kappa shape index (κ2) is 15.5. The summed E-state index contributed by atoms with van der Waals surface area (Å²) in [7, 11) is 0. The molecule has 0 radical (unpaired) electrons. The maximum absolute atomic E-state index is 11.9. The molecule has 1 heterocycles. The molecular formula is C22H20N2O4S. The summed E-state index contributed by atoms with van der Waals surface area (Å²) in [6.45, 7) is 4.45. The minimum Gasteiger partial charge on any atom is -0.338 e. The van der Waals surface area contributed by atoms with E-state index < -0.39 is 5.25 Å². The van der Waals surface area contributed by atoms with Gasteiger partial charge in [-0.25, -0.2) is 0 Å². The van der Waals surface area contributed by atoms with Gasteiger partial charge in [0.25, 0.3) is 0 Å². The number of terminal acetylenes is 1. The summed E-state index contributed by atoms with van der Waals surface area (Å²) in [6, 6.07) is 0. The van der Waals surface area contributed by atoms with Crippen molar-refractivity contribution in [1.82, 2.24) is 10.2 Å². The molecule has 6 nitrogen and oxygen atoms in total. The molecule has 0 bridgehead atoms. The number of rotatable bonds is 6. The van der Waals surface area contributed by atoms with Crippen LogP contribution in [-0.4, -0.2) is 46.1 Å². The van der Waals surface area contributed by atoms with Gasteiger partial charge < -0.3 is 5.32 Å². The zero-order chi connectivity index (χ0) is 22.1. The monoisotopic (exact) mass is 408 g/mol. The van der Waals surface area contributed by atoms with E-state index in [9.17, 15) is 19.2 Å². The van der Waals surface area contributed by atoms with Crippen LogP contribution in [0.25, 0.3) is 0 Å². The fraction of sp³-hybridized carbons (Fsp3) is 0.364. The van der Waals surface area contributed by atoms with Gasteiger partial charge in [0.15, 0.2) is 0 Å². The smallest absolute Gasteiger partial charge is 0.244 e. The van der Waals surface area contributed by atoms with Gasteiger partial charge in [-0.3, -0.25) is 24.1 Å². The second-order valence-corrected chi connectivity index (χ2v) is 6.65. The third-order valence-electron chi connectivity index (χ3n) is 3.03. The molecule has 1 aliphatic rings. The van der Waals surface area contributed by atoms with Gasteiger partial charge in [0, 0.05) is 25.5 Å². The number of imide groups is 1. The Kier molecular flexibility index (Phi) is 13.6. The summed E-state index contributed by atoms with van der Waals surface area (Å²) >= 11 is 1.32. The fourth-order valence-electron chi connectivity index (χ4n) is 1.74. The molecule has 148 valence electrons. The van der Waals surface area contributed by atoms with Gasteiger partial charge in [-0.1, -0.05) is 5.92 Å². The number of nitrogens with zero attached hydrogens (tertiary/aromatic N) is 1. The lowest BCUT2D eigenvalue weighted by atomic mass is 10.3. The van der Waals surface area contributed by atoms with Crippen molar-refractivity contribution < 1.29 is 19.2 Å². The molecule has 1 unspecified atom stereocenters. The fourth-order valence-corrected chi connectivity index (χ4v) is 2.96.